The van der Waals surface area contributed by atoms with Crippen LogP contribution in [-0.2, 0) is 6.42 Å². The lowest BCUT2D eigenvalue weighted by molar-refractivity contribution is 0.0809. The number of aromatic nitrogens is 3. The third-order valence-corrected chi connectivity index (χ3v) is 5.50. The lowest BCUT2D eigenvalue weighted by atomic mass is 9.95. The van der Waals surface area contributed by atoms with E-state index in [0.717, 1.165) is 25.1 Å². The van der Waals surface area contributed by atoms with Crippen molar-refractivity contribution < 1.29 is 19.0 Å². The summed E-state index contributed by atoms with van der Waals surface area (Å²) in [5.41, 5.74) is 0.780. The summed E-state index contributed by atoms with van der Waals surface area (Å²) in [7, 11) is 0. The first-order valence-corrected chi connectivity index (χ1v) is 9.97. The second kappa shape index (κ2) is 7.62. The molecule has 1 aromatic heterocycles. The standard InChI is InChI=1S/C20H26FN5O3/c1-10(2)14-5-4-6-16-23-18(25-26(14)16)20(28)22-13-9-29-15-8-11(3)7-12(21)17(15)24-19(13)27/h7-8,10,13-14,19,24,27H,4-6,9H2,1-3H3,(H,22,28)/t13-,14-,19?/m0/s1. The van der Waals surface area contributed by atoms with Gasteiger partial charge >= 0.3 is 0 Å². The number of halogens is 1. The second-order valence-corrected chi connectivity index (χ2v) is 8.10. The average molecular weight is 403 g/mol. The number of fused-ring (bicyclic) bond motifs is 2. The number of carbonyl (C=O) groups is 1. The number of ether oxygens (including phenoxy) is 1. The number of nitrogens with one attached hydrogen (secondary N) is 2. The predicted molar refractivity (Wildman–Crippen MR) is 104 cm³/mol. The lowest BCUT2D eigenvalue weighted by Crippen LogP contribution is -2.49. The summed E-state index contributed by atoms with van der Waals surface area (Å²) >= 11 is 0. The molecule has 156 valence electrons. The summed E-state index contributed by atoms with van der Waals surface area (Å²) in [6.07, 6.45) is 1.59. The zero-order valence-corrected chi connectivity index (χ0v) is 16.8. The number of nitrogens with zero attached hydrogens (tertiary/aromatic N) is 3. The number of amides is 1. The molecule has 8 nitrogen and oxygen atoms in total. The summed E-state index contributed by atoms with van der Waals surface area (Å²) in [6.45, 7) is 6.00. The van der Waals surface area contributed by atoms with Gasteiger partial charge in [0.25, 0.3) is 5.91 Å². The zero-order chi connectivity index (χ0) is 20.7. The lowest BCUT2D eigenvalue weighted by Gasteiger charge is -2.26. The summed E-state index contributed by atoms with van der Waals surface area (Å²) in [4.78, 5) is 17.1. The molecular formula is C20H26FN5O3. The smallest absolute Gasteiger partial charge is 0.291 e. The minimum absolute atomic E-state index is 0.0159. The number of hydrogen-bond donors (Lipinski definition) is 3. The van der Waals surface area contributed by atoms with Crippen LogP contribution in [0.25, 0.3) is 0 Å². The van der Waals surface area contributed by atoms with Gasteiger partial charge in [0.15, 0.2) is 0 Å². The van der Waals surface area contributed by atoms with Gasteiger partial charge in [0.2, 0.25) is 5.82 Å². The van der Waals surface area contributed by atoms with Crippen LogP contribution in [0.3, 0.4) is 0 Å². The fraction of sp³-hybridized carbons (Fsp3) is 0.550. The van der Waals surface area contributed by atoms with E-state index in [4.69, 9.17) is 4.74 Å². The van der Waals surface area contributed by atoms with Crippen molar-refractivity contribution in [2.45, 2.75) is 58.3 Å². The number of carbonyl (C=O) groups excluding carboxylic acids is 1. The van der Waals surface area contributed by atoms with Crippen LogP contribution in [0.5, 0.6) is 5.75 Å². The molecular weight excluding hydrogens is 377 g/mol. The predicted octanol–water partition coefficient (Wildman–Crippen LogP) is 2.18. The van der Waals surface area contributed by atoms with Crippen LogP contribution in [0, 0.1) is 18.7 Å². The maximum Gasteiger partial charge on any atom is 0.291 e. The average Bonchev–Trinajstić information content (AvgIpc) is 3.04. The second-order valence-electron chi connectivity index (χ2n) is 8.10. The molecule has 0 spiro atoms. The molecule has 0 saturated heterocycles. The van der Waals surface area contributed by atoms with Gasteiger partial charge in [0.05, 0.1) is 6.04 Å². The Balaban J connectivity index is 1.50. The van der Waals surface area contributed by atoms with Crippen LogP contribution in [0.15, 0.2) is 12.1 Å². The molecule has 9 heteroatoms. The Labute approximate surface area is 168 Å². The van der Waals surface area contributed by atoms with Crippen LogP contribution in [0.4, 0.5) is 10.1 Å². The van der Waals surface area contributed by atoms with Crippen molar-refractivity contribution in [3.05, 3.63) is 35.2 Å². The molecule has 0 radical (unpaired) electrons. The minimum atomic E-state index is -1.22. The fourth-order valence-corrected chi connectivity index (χ4v) is 3.93. The van der Waals surface area contributed by atoms with E-state index in [9.17, 15) is 14.3 Å². The highest BCUT2D eigenvalue weighted by atomic mass is 19.1. The summed E-state index contributed by atoms with van der Waals surface area (Å²) in [6, 6.07) is 2.46. The molecule has 0 fully saturated rings. The molecule has 3 N–H and O–H groups in total. The summed E-state index contributed by atoms with van der Waals surface area (Å²) in [5, 5.41) is 20.3. The molecule has 0 saturated carbocycles. The maximum atomic E-state index is 14.2. The van der Waals surface area contributed by atoms with Crippen molar-refractivity contribution in [3.8, 4) is 5.75 Å². The van der Waals surface area contributed by atoms with Gasteiger partial charge in [-0.1, -0.05) is 13.8 Å². The largest absolute Gasteiger partial charge is 0.489 e. The first-order chi connectivity index (χ1) is 13.8. The third-order valence-electron chi connectivity index (χ3n) is 5.50. The van der Waals surface area contributed by atoms with Gasteiger partial charge in [-0.2, -0.15) is 0 Å². The molecule has 1 amide bonds. The Morgan fingerprint density at radius 1 is 1.45 bits per heavy atom. The first-order valence-electron chi connectivity index (χ1n) is 9.97. The fourth-order valence-electron chi connectivity index (χ4n) is 3.93. The van der Waals surface area contributed by atoms with Gasteiger partial charge in [0, 0.05) is 6.42 Å². The van der Waals surface area contributed by atoms with E-state index < -0.39 is 24.0 Å². The van der Waals surface area contributed by atoms with Crippen LogP contribution < -0.4 is 15.4 Å². The van der Waals surface area contributed by atoms with Crippen molar-refractivity contribution in [1.82, 2.24) is 20.1 Å². The van der Waals surface area contributed by atoms with Gasteiger partial charge in [-0.3, -0.25) is 4.79 Å². The highest BCUT2D eigenvalue weighted by Gasteiger charge is 2.31. The van der Waals surface area contributed by atoms with Gasteiger partial charge in [-0.05, 0) is 43.4 Å². The Hall–Kier alpha value is -2.68. The van der Waals surface area contributed by atoms with E-state index in [1.54, 1.807) is 13.0 Å². The van der Waals surface area contributed by atoms with Crippen molar-refractivity contribution in [2.75, 3.05) is 11.9 Å². The monoisotopic (exact) mass is 403 g/mol. The molecule has 2 aliphatic heterocycles. The summed E-state index contributed by atoms with van der Waals surface area (Å²) < 4.78 is 21.7. The highest BCUT2D eigenvalue weighted by Crippen LogP contribution is 2.32. The number of anilines is 1. The number of rotatable bonds is 3. The Kier molecular flexibility index (Phi) is 5.16. The van der Waals surface area contributed by atoms with Crippen molar-refractivity contribution in [2.24, 2.45) is 5.92 Å². The molecule has 4 rings (SSSR count). The Morgan fingerprint density at radius 3 is 3.00 bits per heavy atom. The van der Waals surface area contributed by atoms with Gasteiger partial charge < -0.3 is 20.5 Å². The van der Waals surface area contributed by atoms with E-state index >= 15 is 0 Å². The molecule has 0 aliphatic carbocycles. The molecule has 2 aromatic rings. The van der Waals surface area contributed by atoms with E-state index in [1.165, 1.54) is 6.07 Å². The minimum Gasteiger partial charge on any atom is -0.489 e. The number of hydrogen-bond acceptors (Lipinski definition) is 6. The van der Waals surface area contributed by atoms with E-state index in [2.05, 4.69) is 34.6 Å². The Morgan fingerprint density at radius 2 is 2.24 bits per heavy atom. The molecule has 3 heterocycles. The molecule has 3 atom stereocenters. The SMILES string of the molecule is Cc1cc(F)c2c(c1)OC[C@H](NC(=O)c1nc3n(n1)[C@H](C(C)C)CCC3)C(O)N2. The van der Waals surface area contributed by atoms with Gasteiger partial charge in [-0.25, -0.2) is 14.1 Å². The van der Waals surface area contributed by atoms with Crippen molar-refractivity contribution >= 4 is 11.6 Å². The van der Waals surface area contributed by atoms with E-state index in [-0.39, 0.29) is 24.2 Å². The molecule has 1 unspecified atom stereocenters. The number of aryl methyl sites for hydroxylation is 2. The number of aliphatic hydroxyl groups is 1. The van der Waals surface area contributed by atoms with Crippen LogP contribution in [-0.4, -0.2) is 44.7 Å². The molecule has 2 aliphatic rings. The van der Waals surface area contributed by atoms with Gasteiger partial charge in [0.1, 0.15) is 42.0 Å². The number of benzene rings is 1. The molecule has 29 heavy (non-hydrogen) atoms. The maximum absolute atomic E-state index is 14.2. The third kappa shape index (κ3) is 3.78. The molecule has 1 aromatic carbocycles. The van der Waals surface area contributed by atoms with Crippen LogP contribution in [0.2, 0.25) is 0 Å². The Bertz CT molecular complexity index is 929. The zero-order valence-electron chi connectivity index (χ0n) is 16.8. The topological polar surface area (TPSA) is 101 Å². The van der Waals surface area contributed by atoms with Crippen LogP contribution >= 0.6 is 0 Å². The normalized spacial score (nSPS) is 23.4. The quantitative estimate of drug-likeness (QED) is 0.726. The molecule has 0 bridgehead atoms. The van der Waals surface area contributed by atoms with Crippen molar-refractivity contribution in [1.29, 1.82) is 0 Å². The van der Waals surface area contributed by atoms with Crippen LogP contribution in [0.1, 0.15) is 54.7 Å². The van der Waals surface area contributed by atoms with E-state index in [1.807, 2.05) is 4.68 Å². The van der Waals surface area contributed by atoms with E-state index in [0.29, 0.717) is 17.2 Å². The number of aliphatic hydroxyl groups excluding tert-OH is 1. The first kappa shape index (κ1) is 19.6. The van der Waals surface area contributed by atoms with Crippen molar-refractivity contribution in [3.63, 3.8) is 0 Å². The summed E-state index contributed by atoms with van der Waals surface area (Å²) in [5.74, 6) is 0.559. The highest BCUT2D eigenvalue weighted by molar-refractivity contribution is 5.90. The van der Waals surface area contributed by atoms with Gasteiger partial charge in [-0.15, -0.1) is 5.10 Å².